The summed E-state index contributed by atoms with van der Waals surface area (Å²) in [6.45, 7) is 3.70. The second-order valence-corrected chi connectivity index (χ2v) is 9.66. The zero-order valence-electron chi connectivity index (χ0n) is 19.2. The number of carbonyl (C=O) groups is 2. The number of hydrogen-bond donors (Lipinski definition) is 1. The summed E-state index contributed by atoms with van der Waals surface area (Å²) in [5.41, 5.74) is 0.974. The standard InChI is InChI=1S/C23H30ClN3O5S/c1-5-21(23(29)25-3)26(15-17-9-7-8-10-20(17)24)22(28)16-27(33(4,30)31)18-11-13-19(14-12-18)32-6-2/h7-14,21H,5-6,15-16H2,1-4H3,(H,25,29)/t21-/m1/s1. The van der Waals surface area contributed by atoms with Gasteiger partial charge in [0.25, 0.3) is 0 Å². The first-order valence-corrected chi connectivity index (χ1v) is 12.8. The van der Waals surface area contributed by atoms with E-state index in [0.29, 0.717) is 35.1 Å². The molecule has 0 radical (unpaired) electrons. The molecule has 0 aliphatic heterocycles. The summed E-state index contributed by atoms with van der Waals surface area (Å²) in [6, 6.07) is 12.7. The van der Waals surface area contributed by atoms with E-state index in [1.165, 1.54) is 11.9 Å². The fourth-order valence-corrected chi connectivity index (χ4v) is 4.43. The molecule has 0 bridgehead atoms. The minimum atomic E-state index is -3.79. The molecule has 2 aromatic rings. The molecule has 1 N–H and O–H groups in total. The van der Waals surface area contributed by atoms with Gasteiger partial charge in [-0.2, -0.15) is 0 Å². The Labute approximate surface area is 200 Å². The molecular formula is C23H30ClN3O5S. The number of likely N-dealkylation sites (N-methyl/N-ethyl adjacent to an activating group) is 1. The molecule has 0 spiro atoms. The molecule has 180 valence electrons. The van der Waals surface area contributed by atoms with Gasteiger partial charge in [-0.05, 0) is 49.2 Å². The predicted octanol–water partition coefficient (Wildman–Crippen LogP) is 3.06. The van der Waals surface area contributed by atoms with Crippen LogP contribution in [0.5, 0.6) is 5.75 Å². The fourth-order valence-electron chi connectivity index (χ4n) is 3.39. The maximum absolute atomic E-state index is 13.5. The molecule has 2 amide bonds. The Morgan fingerprint density at radius 3 is 2.24 bits per heavy atom. The third-order valence-electron chi connectivity index (χ3n) is 5.05. The number of benzene rings is 2. The predicted molar refractivity (Wildman–Crippen MR) is 130 cm³/mol. The summed E-state index contributed by atoms with van der Waals surface area (Å²) in [7, 11) is -2.30. The molecule has 8 nitrogen and oxygen atoms in total. The summed E-state index contributed by atoms with van der Waals surface area (Å²) >= 11 is 6.29. The molecule has 0 aromatic heterocycles. The van der Waals surface area contributed by atoms with E-state index in [9.17, 15) is 18.0 Å². The molecule has 0 saturated heterocycles. The quantitative estimate of drug-likeness (QED) is 0.517. The van der Waals surface area contributed by atoms with Crippen molar-refractivity contribution in [3.63, 3.8) is 0 Å². The molecule has 2 rings (SSSR count). The number of sulfonamides is 1. The topological polar surface area (TPSA) is 96.0 Å². The molecule has 0 saturated carbocycles. The first-order chi connectivity index (χ1) is 15.6. The van der Waals surface area contributed by atoms with Gasteiger partial charge in [0.2, 0.25) is 21.8 Å². The molecule has 10 heteroatoms. The Bertz CT molecular complexity index is 1060. The SMILES string of the molecule is CCOc1ccc(N(CC(=O)N(Cc2ccccc2Cl)[C@H](CC)C(=O)NC)S(C)(=O)=O)cc1. The van der Waals surface area contributed by atoms with Gasteiger partial charge in [-0.1, -0.05) is 36.7 Å². The van der Waals surface area contributed by atoms with Crippen LogP contribution in [0.25, 0.3) is 0 Å². The number of ether oxygens (including phenoxy) is 1. The summed E-state index contributed by atoms with van der Waals surface area (Å²) in [4.78, 5) is 27.4. The number of hydrogen-bond acceptors (Lipinski definition) is 5. The van der Waals surface area contributed by atoms with E-state index in [1.54, 1.807) is 55.5 Å². The molecule has 33 heavy (non-hydrogen) atoms. The van der Waals surface area contributed by atoms with E-state index in [1.807, 2.05) is 6.92 Å². The highest BCUT2D eigenvalue weighted by Crippen LogP contribution is 2.24. The van der Waals surface area contributed by atoms with Crippen LogP contribution in [0.4, 0.5) is 5.69 Å². The molecule has 0 aliphatic carbocycles. The second kappa shape index (κ2) is 11.9. The molecule has 0 heterocycles. The van der Waals surface area contributed by atoms with E-state index >= 15 is 0 Å². The zero-order chi connectivity index (χ0) is 24.6. The van der Waals surface area contributed by atoms with Gasteiger partial charge in [0, 0.05) is 18.6 Å². The third-order valence-corrected chi connectivity index (χ3v) is 6.56. The van der Waals surface area contributed by atoms with Gasteiger partial charge in [-0.25, -0.2) is 8.42 Å². The Hall–Kier alpha value is -2.78. The second-order valence-electron chi connectivity index (χ2n) is 7.35. The minimum absolute atomic E-state index is 0.0608. The monoisotopic (exact) mass is 495 g/mol. The Morgan fingerprint density at radius 1 is 1.09 bits per heavy atom. The first-order valence-electron chi connectivity index (χ1n) is 10.6. The largest absolute Gasteiger partial charge is 0.494 e. The van der Waals surface area contributed by atoms with Gasteiger partial charge in [-0.3, -0.25) is 13.9 Å². The average molecular weight is 496 g/mol. The van der Waals surface area contributed by atoms with E-state index in [-0.39, 0.29) is 12.5 Å². The number of amides is 2. The van der Waals surface area contributed by atoms with Crippen LogP contribution in [0.1, 0.15) is 25.8 Å². The number of anilines is 1. The van der Waals surface area contributed by atoms with Crippen molar-refractivity contribution >= 4 is 39.1 Å². The molecule has 1 atom stereocenters. The van der Waals surface area contributed by atoms with Gasteiger partial charge in [-0.15, -0.1) is 0 Å². The minimum Gasteiger partial charge on any atom is -0.494 e. The summed E-state index contributed by atoms with van der Waals surface area (Å²) in [5.74, 6) is -0.276. The Morgan fingerprint density at radius 2 is 1.73 bits per heavy atom. The highest BCUT2D eigenvalue weighted by molar-refractivity contribution is 7.92. The van der Waals surface area contributed by atoms with Crippen molar-refractivity contribution in [3.05, 3.63) is 59.1 Å². The Balaban J connectivity index is 2.41. The maximum Gasteiger partial charge on any atom is 0.244 e. The lowest BCUT2D eigenvalue weighted by Crippen LogP contribution is -2.51. The fraction of sp³-hybridized carbons (Fsp3) is 0.391. The molecular weight excluding hydrogens is 466 g/mol. The van der Waals surface area contributed by atoms with Gasteiger partial charge in [0.1, 0.15) is 18.3 Å². The molecule has 0 fully saturated rings. The van der Waals surface area contributed by atoms with Crippen LogP contribution in [-0.2, 0) is 26.2 Å². The van der Waals surface area contributed by atoms with Crippen LogP contribution in [0.3, 0.4) is 0 Å². The lowest BCUT2D eigenvalue weighted by Gasteiger charge is -2.32. The number of nitrogens with one attached hydrogen (secondary N) is 1. The van der Waals surface area contributed by atoms with E-state index < -0.39 is 28.5 Å². The van der Waals surface area contributed by atoms with E-state index in [2.05, 4.69) is 5.32 Å². The van der Waals surface area contributed by atoms with Crippen molar-refractivity contribution in [1.29, 1.82) is 0 Å². The van der Waals surface area contributed by atoms with Crippen molar-refractivity contribution < 1.29 is 22.7 Å². The summed E-state index contributed by atoms with van der Waals surface area (Å²) in [6.07, 6.45) is 1.38. The molecule has 0 aliphatic rings. The molecule has 2 aromatic carbocycles. The summed E-state index contributed by atoms with van der Waals surface area (Å²) in [5, 5.41) is 3.03. The van der Waals surface area contributed by atoms with E-state index in [0.717, 1.165) is 10.6 Å². The number of nitrogens with zero attached hydrogens (tertiary/aromatic N) is 2. The normalized spacial score (nSPS) is 12.0. The van der Waals surface area contributed by atoms with Gasteiger partial charge < -0.3 is 15.0 Å². The van der Waals surface area contributed by atoms with Crippen molar-refractivity contribution in [3.8, 4) is 5.75 Å². The highest BCUT2D eigenvalue weighted by atomic mass is 35.5. The van der Waals surface area contributed by atoms with Crippen LogP contribution in [0.2, 0.25) is 5.02 Å². The van der Waals surface area contributed by atoms with Crippen LogP contribution in [0, 0.1) is 0 Å². The van der Waals surface area contributed by atoms with Crippen molar-refractivity contribution in [2.24, 2.45) is 0 Å². The maximum atomic E-state index is 13.5. The van der Waals surface area contributed by atoms with Crippen LogP contribution in [-0.4, -0.2) is 57.6 Å². The van der Waals surface area contributed by atoms with Crippen LogP contribution < -0.4 is 14.4 Å². The lowest BCUT2D eigenvalue weighted by molar-refractivity contribution is -0.140. The first kappa shape index (κ1) is 26.5. The number of rotatable bonds is 11. The highest BCUT2D eigenvalue weighted by Gasteiger charge is 2.31. The average Bonchev–Trinajstić information content (AvgIpc) is 2.78. The van der Waals surface area contributed by atoms with Gasteiger partial charge in [0.05, 0.1) is 18.6 Å². The van der Waals surface area contributed by atoms with E-state index in [4.69, 9.17) is 16.3 Å². The summed E-state index contributed by atoms with van der Waals surface area (Å²) < 4.78 is 31.6. The van der Waals surface area contributed by atoms with Crippen molar-refractivity contribution in [2.45, 2.75) is 32.9 Å². The smallest absolute Gasteiger partial charge is 0.244 e. The third kappa shape index (κ3) is 7.10. The lowest BCUT2D eigenvalue weighted by atomic mass is 10.1. The number of carbonyl (C=O) groups excluding carboxylic acids is 2. The van der Waals surface area contributed by atoms with Crippen LogP contribution >= 0.6 is 11.6 Å². The van der Waals surface area contributed by atoms with Crippen molar-refractivity contribution in [2.75, 3.05) is 30.8 Å². The van der Waals surface area contributed by atoms with Crippen LogP contribution in [0.15, 0.2) is 48.5 Å². The molecule has 0 unspecified atom stereocenters. The van der Waals surface area contributed by atoms with Crippen molar-refractivity contribution in [1.82, 2.24) is 10.2 Å². The van der Waals surface area contributed by atoms with Gasteiger partial charge >= 0.3 is 0 Å². The number of halogens is 1. The zero-order valence-corrected chi connectivity index (χ0v) is 20.8. The Kier molecular flexibility index (Phi) is 9.55. The van der Waals surface area contributed by atoms with Gasteiger partial charge in [0.15, 0.2) is 0 Å².